The quantitative estimate of drug-likeness (QED) is 0.786. The molecule has 0 saturated carbocycles. The Labute approximate surface area is 113 Å². The van der Waals surface area contributed by atoms with Crippen molar-refractivity contribution in [1.82, 2.24) is 4.90 Å². The molecule has 1 aliphatic rings. The monoisotopic (exact) mass is 266 g/mol. The average Bonchev–Trinajstić information content (AvgIpc) is 2.39. The SMILES string of the molecule is CCN1CCN(c2cccc(C(C)=O)c2Cl)CC1. The largest absolute Gasteiger partial charge is 0.368 e. The predicted molar refractivity (Wildman–Crippen MR) is 75.8 cm³/mol. The summed E-state index contributed by atoms with van der Waals surface area (Å²) in [6, 6.07) is 5.69. The molecule has 0 radical (unpaired) electrons. The number of hydrogen-bond acceptors (Lipinski definition) is 3. The van der Waals surface area contributed by atoms with Crippen molar-refractivity contribution in [3.8, 4) is 0 Å². The minimum atomic E-state index is 0.0223. The van der Waals surface area contributed by atoms with Gasteiger partial charge in [0.15, 0.2) is 5.78 Å². The van der Waals surface area contributed by atoms with Gasteiger partial charge in [-0.25, -0.2) is 0 Å². The third-order valence-corrected chi connectivity index (χ3v) is 3.92. The first kappa shape index (κ1) is 13.4. The van der Waals surface area contributed by atoms with Crippen LogP contribution in [0.3, 0.4) is 0 Å². The summed E-state index contributed by atoms with van der Waals surface area (Å²) in [5.41, 5.74) is 1.60. The summed E-state index contributed by atoms with van der Waals surface area (Å²) in [6.45, 7) is 8.87. The summed E-state index contributed by atoms with van der Waals surface area (Å²) in [7, 11) is 0. The van der Waals surface area contributed by atoms with Crippen LogP contribution in [0.5, 0.6) is 0 Å². The van der Waals surface area contributed by atoms with Gasteiger partial charge < -0.3 is 9.80 Å². The fourth-order valence-electron chi connectivity index (χ4n) is 2.34. The van der Waals surface area contributed by atoms with Crippen LogP contribution >= 0.6 is 11.6 Å². The zero-order valence-corrected chi connectivity index (χ0v) is 11.7. The zero-order chi connectivity index (χ0) is 13.1. The number of benzene rings is 1. The highest BCUT2D eigenvalue weighted by Crippen LogP contribution is 2.30. The van der Waals surface area contributed by atoms with Gasteiger partial charge in [0.25, 0.3) is 0 Å². The van der Waals surface area contributed by atoms with Crippen LogP contribution in [0.15, 0.2) is 18.2 Å². The van der Waals surface area contributed by atoms with E-state index in [1.807, 2.05) is 12.1 Å². The van der Waals surface area contributed by atoms with E-state index in [1.54, 1.807) is 13.0 Å². The van der Waals surface area contributed by atoms with Gasteiger partial charge in [0.05, 0.1) is 10.7 Å². The lowest BCUT2D eigenvalue weighted by molar-refractivity contribution is 0.101. The van der Waals surface area contributed by atoms with Crippen LogP contribution in [0.2, 0.25) is 5.02 Å². The Balaban J connectivity index is 2.19. The molecular formula is C14H19ClN2O. The number of nitrogens with zero attached hydrogens (tertiary/aromatic N) is 2. The second-order valence-corrected chi connectivity index (χ2v) is 4.99. The van der Waals surface area contributed by atoms with Crippen molar-refractivity contribution in [3.05, 3.63) is 28.8 Å². The summed E-state index contributed by atoms with van der Waals surface area (Å²) < 4.78 is 0. The first-order chi connectivity index (χ1) is 8.63. The lowest BCUT2D eigenvalue weighted by Gasteiger charge is -2.36. The molecule has 3 nitrogen and oxygen atoms in total. The minimum Gasteiger partial charge on any atom is -0.368 e. The average molecular weight is 267 g/mol. The van der Waals surface area contributed by atoms with Gasteiger partial charge in [-0.05, 0) is 25.6 Å². The molecular weight excluding hydrogens is 248 g/mol. The van der Waals surface area contributed by atoms with E-state index in [0.29, 0.717) is 10.6 Å². The second kappa shape index (κ2) is 5.72. The molecule has 0 aromatic heterocycles. The number of carbonyl (C=O) groups excluding carboxylic acids is 1. The lowest BCUT2D eigenvalue weighted by Crippen LogP contribution is -2.46. The molecule has 1 aromatic rings. The molecule has 18 heavy (non-hydrogen) atoms. The number of piperazine rings is 1. The van der Waals surface area contributed by atoms with Gasteiger partial charge in [-0.15, -0.1) is 0 Å². The molecule has 4 heteroatoms. The Morgan fingerprint density at radius 2 is 1.94 bits per heavy atom. The van der Waals surface area contributed by atoms with Crippen LogP contribution in [0.1, 0.15) is 24.2 Å². The Bertz CT molecular complexity index is 439. The van der Waals surface area contributed by atoms with E-state index in [2.05, 4.69) is 16.7 Å². The number of halogens is 1. The van der Waals surface area contributed by atoms with Gasteiger partial charge in [0.1, 0.15) is 0 Å². The maximum Gasteiger partial charge on any atom is 0.161 e. The third-order valence-electron chi connectivity index (χ3n) is 3.52. The fraction of sp³-hybridized carbons (Fsp3) is 0.500. The smallest absolute Gasteiger partial charge is 0.161 e. The summed E-state index contributed by atoms with van der Waals surface area (Å²) in [5.74, 6) is 0.0223. The fourth-order valence-corrected chi connectivity index (χ4v) is 2.72. The van der Waals surface area contributed by atoms with Gasteiger partial charge >= 0.3 is 0 Å². The van der Waals surface area contributed by atoms with Crippen LogP contribution in [-0.4, -0.2) is 43.4 Å². The number of hydrogen-bond donors (Lipinski definition) is 0. The first-order valence-corrected chi connectivity index (χ1v) is 6.78. The van der Waals surface area contributed by atoms with Crippen LogP contribution in [0.4, 0.5) is 5.69 Å². The molecule has 1 aliphatic heterocycles. The van der Waals surface area contributed by atoms with Crippen LogP contribution in [-0.2, 0) is 0 Å². The van der Waals surface area contributed by atoms with Crippen molar-refractivity contribution in [2.24, 2.45) is 0 Å². The molecule has 1 heterocycles. The highest BCUT2D eigenvalue weighted by molar-refractivity contribution is 6.36. The Hall–Kier alpha value is -1.06. The topological polar surface area (TPSA) is 23.6 Å². The molecule has 0 spiro atoms. The molecule has 0 amide bonds. The van der Waals surface area contributed by atoms with Crippen LogP contribution < -0.4 is 4.90 Å². The molecule has 0 aliphatic carbocycles. The number of Topliss-reactive ketones (excluding diaryl/α,β-unsaturated/α-hetero) is 1. The van der Waals surface area contributed by atoms with Crippen LogP contribution in [0, 0.1) is 0 Å². The van der Waals surface area contributed by atoms with E-state index in [1.165, 1.54) is 0 Å². The van der Waals surface area contributed by atoms with Crippen molar-refractivity contribution in [3.63, 3.8) is 0 Å². The Morgan fingerprint density at radius 1 is 1.28 bits per heavy atom. The number of ketones is 1. The summed E-state index contributed by atoms with van der Waals surface area (Å²) in [4.78, 5) is 16.2. The molecule has 1 aromatic carbocycles. The van der Waals surface area contributed by atoms with Gasteiger partial charge in [0, 0.05) is 31.7 Å². The number of carbonyl (C=O) groups is 1. The predicted octanol–water partition coefficient (Wildman–Crippen LogP) is 2.68. The molecule has 0 unspecified atom stereocenters. The minimum absolute atomic E-state index is 0.0223. The Morgan fingerprint density at radius 3 is 2.50 bits per heavy atom. The van der Waals surface area contributed by atoms with Crippen molar-refractivity contribution in [1.29, 1.82) is 0 Å². The maximum absolute atomic E-state index is 11.5. The molecule has 0 N–H and O–H groups in total. The van der Waals surface area contributed by atoms with Crippen molar-refractivity contribution in [2.75, 3.05) is 37.6 Å². The summed E-state index contributed by atoms with van der Waals surface area (Å²) >= 11 is 6.33. The molecule has 2 rings (SSSR count). The van der Waals surface area contributed by atoms with E-state index < -0.39 is 0 Å². The number of rotatable bonds is 3. The van der Waals surface area contributed by atoms with E-state index >= 15 is 0 Å². The molecule has 0 atom stereocenters. The maximum atomic E-state index is 11.5. The van der Waals surface area contributed by atoms with Crippen LogP contribution in [0.25, 0.3) is 0 Å². The molecule has 1 fully saturated rings. The van der Waals surface area contributed by atoms with E-state index in [9.17, 15) is 4.79 Å². The third kappa shape index (κ3) is 2.68. The lowest BCUT2D eigenvalue weighted by atomic mass is 10.1. The molecule has 1 saturated heterocycles. The van der Waals surface area contributed by atoms with E-state index in [0.717, 1.165) is 38.4 Å². The van der Waals surface area contributed by atoms with Crippen molar-refractivity contribution in [2.45, 2.75) is 13.8 Å². The summed E-state index contributed by atoms with van der Waals surface area (Å²) in [5, 5.41) is 0.593. The van der Waals surface area contributed by atoms with Gasteiger partial charge in [0.2, 0.25) is 0 Å². The van der Waals surface area contributed by atoms with E-state index in [4.69, 9.17) is 11.6 Å². The van der Waals surface area contributed by atoms with Crippen molar-refractivity contribution < 1.29 is 4.79 Å². The summed E-state index contributed by atoms with van der Waals surface area (Å²) in [6.07, 6.45) is 0. The standard InChI is InChI=1S/C14H19ClN2O/c1-3-16-7-9-17(10-8-16)13-6-4-5-12(11(2)18)14(13)15/h4-6H,3,7-10H2,1-2H3. The molecule has 0 bridgehead atoms. The van der Waals surface area contributed by atoms with Crippen molar-refractivity contribution >= 4 is 23.1 Å². The van der Waals surface area contributed by atoms with Gasteiger partial charge in [-0.3, -0.25) is 4.79 Å². The normalized spacial score (nSPS) is 16.9. The number of likely N-dealkylation sites (N-methyl/N-ethyl adjacent to an activating group) is 1. The second-order valence-electron chi connectivity index (χ2n) is 4.62. The molecule has 98 valence electrons. The Kier molecular flexibility index (Phi) is 4.25. The zero-order valence-electron chi connectivity index (χ0n) is 10.9. The van der Waals surface area contributed by atoms with E-state index in [-0.39, 0.29) is 5.78 Å². The van der Waals surface area contributed by atoms with Gasteiger partial charge in [-0.2, -0.15) is 0 Å². The van der Waals surface area contributed by atoms with Gasteiger partial charge in [-0.1, -0.05) is 24.6 Å². The number of anilines is 1. The first-order valence-electron chi connectivity index (χ1n) is 6.40. The highest BCUT2D eigenvalue weighted by atomic mass is 35.5. The highest BCUT2D eigenvalue weighted by Gasteiger charge is 2.19.